The highest BCUT2D eigenvalue weighted by atomic mass is 19.3. The molecule has 0 radical (unpaired) electrons. The highest BCUT2D eigenvalue weighted by Crippen LogP contribution is 2.22. The molecular weight excluding hydrogens is 270 g/mol. The van der Waals surface area contributed by atoms with Crippen LogP contribution in [0.5, 0.6) is 0 Å². The van der Waals surface area contributed by atoms with Crippen LogP contribution in [-0.4, -0.2) is 46.3 Å². The monoisotopic (exact) mass is 283 g/mol. The van der Waals surface area contributed by atoms with Gasteiger partial charge < -0.3 is 4.74 Å². The normalized spacial score (nSPS) is 12.1. The Balaban J connectivity index is 2.50. The second kappa shape index (κ2) is 6.60. The molecule has 1 aromatic rings. The minimum Gasteiger partial charge on any atom is -0.367 e. The molecular formula is C10H13F4N3O2. The van der Waals surface area contributed by atoms with Crippen molar-refractivity contribution in [1.82, 2.24) is 15.0 Å². The molecule has 1 heterocycles. The molecule has 0 bridgehead atoms. The van der Waals surface area contributed by atoms with Crippen molar-refractivity contribution in [2.24, 2.45) is 0 Å². The molecule has 0 saturated heterocycles. The minimum absolute atomic E-state index is 0.0993. The molecule has 0 fully saturated rings. The zero-order valence-corrected chi connectivity index (χ0v) is 10.2. The van der Waals surface area contributed by atoms with Gasteiger partial charge >= 0.3 is 12.3 Å². The van der Waals surface area contributed by atoms with E-state index in [0.29, 0.717) is 13.0 Å². The molecule has 0 amide bonds. The average Bonchev–Trinajstić information content (AvgIpc) is 2.77. The zero-order chi connectivity index (χ0) is 14.5. The maximum Gasteiger partial charge on any atom is 0.330 e. The van der Waals surface area contributed by atoms with Gasteiger partial charge in [-0.2, -0.15) is 8.78 Å². The topological polar surface area (TPSA) is 57.0 Å². The van der Waals surface area contributed by atoms with Crippen molar-refractivity contribution < 1.29 is 27.1 Å². The summed E-state index contributed by atoms with van der Waals surface area (Å²) in [6.45, 7) is 0.0645. The van der Waals surface area contributed by atoms with E-state index in [-0.39, 0.29) is 5.69 Å². The molecule has 0 aromatic carbocycles. The average molecular weight is 283 g/mol. The van der Waals surface area contributed by atoms with E-state index < -0.39 is 31.3 Å². The van der Waals surface area contributed by atoms with Gasteiger partial charge in [0.2, 0.25) is 5.78 Å². The maximum atomic E-state index is 12.5. The van der Waals surface area contributed by atoms with Crippen LogP contribution >= 0.6 is 0 Å². The summed E-state index contributed by atoms with van der Waals surface area (Å²) in [5.74, 6) is -4.90. The summed E-state index contributed by atoms with van der Waals surface area (Å²) in [5.41, 5.74) is 0.0993. The first-order chi connectivity index (χ1) is 8.88. The predicted octanol–water partition coefficient (Wildman–Crippen LogP) is 1.79. The van der Waals surface area contributed by atoms with E-state index in [0.717, 1.165) is 0 Å². The fourth-order valence-corrected chi connectivity index (χ4v) is 1.27. The lowest BCUT2D eigenvalue weighted by atomic mass is 10.3. The Kier molecular flexibility index (Phi) is 5.40. The first-order valence-electron chi connectivity index (χ1n) is 5.54. The number of nitrogens with zero attached hydrogens (tertiary/aromatic N) is 3. The Labute approximate surface area is 106 Å². The molecule has 0 aliphatic carbocycles. The molecule has 19 heavy (non-hydrogen) atoms. The Morgan fingerprint density at radius 3 is 2.79 bits per heavy atom. The molecule has 0 spiro atoms. The Bertz CT molecular complexity index is 423. The largest absolute Gasteiger partial charge is 0.367 e. The molecule has 1 rings (SSSR count). The van der Waals surface area contributed by atoms with Crippen LogP contribution in [0.25, 0.3) is 0 Å². The lowest BCUT2D eigenvalue weighted by Crippen LogP contribution is -2.33. The lowest BCUT2D eigenvalue weighted by molar-refractivity contribution is -0.163. The summed E-state index contributed by atoms with van der Waals surface area (Å²) in [6.07, 6.45) is -1.95. The molecule has 0 saturated carbocycles. The van der Waals surface area contributed by atoms with Crippen molar-refractivity contribution in [3.63, 3.8) is 0 Å². The Morgan fingerprint density at radius 1 is 1.53 bits per heavy atom. The van der Waals surface area contributed by atoms with Crippen LogP contribution in [0.4, 0.5) is 17.6 Å². The van der Waals surface area contributed by atoms with Crippen LogP contribution in [0, 0.1) is 0 Å². The fraction of sp³-hybridized carbons (Fsp3) is 0.700. The number of aromatic nitrogens is 3. The van der Waals surface area contributed by atoms with Crippen molar-refractivity contribution in [1.29, 1.82) is 0 Å². The van der Waals surface area contributed by atoms with Crippen molar-refractivity contribution in [2.75, 3.05) is 13.2 Å². The van der Waals surface area contributed by atoms with E-state index in [1.165, 1.54) is 10.9 Å². The van der Waals surface area contributed by atoms with Crippen LogP contribution in [0.2, 0.25) is 0 Å². The predicted molar refractivity (Wildman–Crippen MR) is 56.4 cm³/mol. The summed E-state index contributed by atoms with van der Waals surface area (Å²) in [4.78, 5) is 11.6. The number of Topliss-reactive ketones (excluding diaryl/α,β-unsaturated/α-hetero) is 1. The highest BCUT2D eigenvalue weighted by Gasteiger charge is 2.41. The molecule has 0 unspecified atom stereocenters. The lowest BCUT2D eigenvalue weighted by Gasteiger charge is -2.14. The molecule has 9 heteroatoms. The first-order valence-corrected chi connectivity index (χ1v) is 5.54. The maximum absolute atomic E-state index is 12.5. The number of rotatable bonds is 8. The quantitative estimate of drug-likeness (QED) is 0.539. The number of carbonyl (C=O) groups excluding carboxylic acids is 1. The first kappa shape index (κ1) is 15.5. The molecule has 108 valence electrons. The van der Waals surface area contributed by atoms with Gasteiger partial charge in [0.15, 0.2) is 0 Å². The van der Waals surface area contributed by atoms with Crippen molar-refractivity contribution in [3.8, 4) is 0 Å². The summed E-state index contributed by atoms with van der Waals surface area (Å²) in [5, 5.41) is 7.15. The van der Waals surface area contributed by atoms with Crippen LogP contribution < -0.4 is 0 Å². The number of ether oxygens (including phenoxy) is 1. The molecule has 0 aliphatic rings. The highest BCUT2D eigenvalue weighted by molar-refractivity contribution is 5.95. The third kappa shape index (κ3) is 4.27. The van der Waals surface area contributed by atoms with E-state index in [4.69, 9.17) is 0 Å². The molecule has 0 atom stereocenters. The number of carbonyl (C=O) groups is 1. The SMILES string of the molecule is CCCn1nncc1C(=O)COCC(F)(F)C(F)F. The van der Waals surface area contributed by atoms with Crippen LogP contribution in [0.3, 0.4) is 0 Å². The van der Waals surface area contributed by atoms with Gasteiger partial charge in [-0.15, -0.1) is 5.10 Å². The van der Waals surface area contributed by atoms with Gasteiger partial charge in [0, 0.05) is 6.54 Å². The Hall–Kier alpha value is -1.51. The van der Waals surface area contributed by atoms with Gasteiger partial charge in [0.05, 0.1) is 6.20 Å². The molecule has 1 aromatic heterocycles. The van der Waals surface area contributed by atoms with Crippen LogP contribution in [-0.2, 0) is 11.3 Å². The van der Waals surface area contributed by atoms with Crippen molar-refractivity contribution in [2.45, 2.75) is 32.2 Å². The Morgan fingerprint density at radius 2 is 2.21 bits per heavy atom. The third-order valence-corrected chi connectivity index (χ3v) is 2.19. The second-order valence-electron chi connectivity index (χ2n) is 3.82. The van der Waals surface area contributed by atoms with Crippen LogP contribution in [0.15, 0.2) is 6.20 Å². The number of aryl methyl sites for hydroxylation is 1. The smallest absolute Gasteiger partial charge is 0.330 e. The van der Waals surface area contributed by atoms with E-state index in [9.17, 15) is 22.4 Å². The second-order valence-corrected chi connectivity index (χ2v) is 3.82. The van der Waals surface area contributed by atoms with E-state index >= 15 is 0 Å². The molecule has 0 N–H and O–H groups in total. The number of ketones is 1. The standard InChI is InChI=1S/C10H13F4N3O2/c1-2-3-17-7(4-15-16-17)8(18)5-19-6-10(13,14)9(11)12/h4,9H,2-3,5-6H2,1H3. The summed E-state index contributed by atoms with van der Waals surface area (Å²) in [7, 11) is 0. The van der Waals surface area contributed by atoms with E-state index in [1.807, 2.05) is 6.92 Å². The van der Waals surface area contributed by atoms with E-state index in [2.05, 4.69) is 15.0 Å². The fourth-order valence-electron chi connectivity index (χ4n) is 1.27. The molecule has 0 aliphatic heterocycles. The number of hydrogen-bond acceptors (Lipinski definition) is 4. The number of hydrogen-bond donors (Lipinski definition) is 0. The van der Waals surface area contributed by atoms with Gasteiger partial charge in [0.1, 0.15) is 18.9 Å². The van der Waals surface area contributed by atoms with Gasteiger partial charge in [-0.05, 0) is 6.42 Å². The van der Waals surface area contributed by atoms with E-state index in [1.54, 1.807) is 0 Å². The van der Waals surface area contributed by atoms with Gasteiger partial charge in [-0.25, -0.2) is 13.5 Å². The molecule has 5 nitrogen and oxygen atoms in total. The summed E-state index contributed by atoms with van der Waals surface area (Å²) < 4.78 is 54.4. The van der Waals surface area contributed by atoms with Gasteiger partial charge in [0.25, 0.3) is 0 Å². The third-order valence-electron chi connectivity index (χ3n) is 2.19. The summed E-state index contributed by atoms with van der Waals surface area (Å²) >= 11 is 0. The van der Waals surface area contributed by atoms with Crippen molar-refractivity contribution in [3.05, 3.63) is 11.9 Å². The summed E-state index contributed by atoms with van der Waals surface area (Å²) in [6, 6.07) is 0. The number of alkyl halides is 4. The van der Waals surface area contributed by atoms with Crippen LogP contribution in [0.1, 0.15) is 23.8 Å². The minimum atomic E-state index is -4.26. The zero-order valence-electron chi connectivity index (χ0n) is 10.2. The van der Waals surface area contributed by atoms with Gasteiger partial charge in [-0.3, -0.25) is 4.79 Å². The van der Waals surface area contributed by atoms with Gasteiger partial charge in [-0.1, -0.05) is 12.1 Å². The van der Waals surface area contributed by atoms with Crippen molar-refractivity contribution >= 4 is 5.78 Å². The number of halogens is 4.